The molecule has 16 heavy (non-hydrogen) atoms. The fourth-order valence-electron chi connectivity index (χ4n) is 1.63. The highest BCUT2D eigenvalue weighted by Crippen LogP contribution is 2.07. The Labute approximate surface area is 96.6 Å². The summed E-state index contributed by atoms with van der Waals surface area (Å²) in [6.45, 7) is 8.87. The second-order valence-electron chi connectivity index (χ2n) is 5.19. The molecule has 1 unspecified atom stereocenters. The van der Waals surface area contributed by atoms with Gasteiger partial charge in [-0.3, -0.25) is 4.79 Å². The molecule has 92 valence electrons. The first-order chi connectivity index (χ1) is 7.31. The molecule has 2 N–H and O–H groups in total. The fourth-order valence-corrected chi connectivity index (χ4v) is 1.63. The molecule has 3 amide bonds. The van der Waals surface area contributed by atoms with E-state index in [0.29, 0.717) is 13.1 Å². The number of amides is 3. The lowest BCUT2D eigenvalue weighted by molar-refractivity contribution is -0.126. The van der Waals surface area contributed by atoms with Gasteiger partial charge in [-0.25, -0.2) is 4.79 Å². The van der Waals surface area contributed by atoms with E-state index in [9.17, 15) is 9.59 Å². The molecule has 1 fully saturated rings. The summed E-state index contributed by atoms with van der Waals surface area (Å²) in [6, 6.07) is -0.567. The molecule has 0 aromatic rings. The first kappa shape index (κ1) is 12.8. The minimum absolute atomic E-state index is 0.107. The minimum Gasteiger partial charge on any atom is -0.350 e. The largest absolute Gasteiger partial charge is 0.350 e. The predicted octanol–water partition coefficient (Wildman–Crippen LogP) is 0.705. The molecular formula is C11H21N3O2. The van der Waals surface area contributed by atoms with Crippen molar-refractivity contribution in [2.45, 2.75) is 45.7 Å². The maximum absolute atomic E-state index is 11.9. The van der Waals surface area contributed by atoms with Crippen molar-refractivity contribution < 1.29 is 9.59 Å². The zero-order valence-corrected chi connectivity index (χ0v) is 10.5. The van der Waals surface area contributed by atoms with Gasteiger partial charge in [0, 0.05) is 18.6 Å². The van der Waals surface area contributed by atoms with Crippen molar-refractivity contribution in [3.8, 4) is 0 Å². The van der Waals surface area contributed by atoms with Gasteiger partial charge in [0.2, 0.25) is 5.91 Å². The smallest absolute Gasteiger partial charge is 0.318 e. The summed E-state index contributed by atoms with van der Waals surface area (Å²) in [5.74, 6) is -0.107. The van der Waals surface area contributed by atoms with Crippen LogP contribution in [-0.2, 0) is 4.79 Å². The third-order valence-corrected chi connectivity index (χ3v) is 2.46. The Morgan fingerprint density at radius 3 is 2.62 bits per heavy atom. The van der Waals surface area contributed by atoms with Gasteiger partial charge in [0.05, 0.1) is 0 Å². The van der Waals surface area contributed by atoms with Gasteiger partial charge >= 0.3 is 6.03 Å². The van der Waals surface area contributed by atoms with Crippen LogP contribution in [0.4, 0.5) is 4.79 Å². The highest BCUT2D eigenvalue weighted by Gasteiger charge is 2.29. The SMILES string of the molecule is CC(C(=O)NC(C)(C)C)N1CCCNC1=O. The van der Waals surface area contributed by atoms with Crippen LogP contribution < -0.4 is 10.6 Å². The van der Waals surface area contributed by atoms with E-state index < -0.39 is 6.04 Å². The van der Waals surface area contributed by atoms with Crippen LogP contribution in [0.25, 0.3) is 0 Å². The Kier molecular flexibility index (Phi) is 3.78. The molecule has 1 aliphatic rings. The third kappa shape index (κ3) is 3.40. The Bertz CT molecular complexity index is 283. The summed E-state index contributed by atoms with van der Waals surface area (Å²) in [6.07, 6.45) is 0.888. The maximum Gasteiger partial charge on any atom is 0.318 e. The summed E-state index contributed by atoms with van der Waals surface area (Å²) in [7, 11) is 0. The molecule has 1 heterocycles. The summed E-state index contributed by atoms with van der Waals surface area (Å²) < 4.78 is 0. The lowest BCUT2D eigenvalue weighted by Crippen LogP contribution is -2.57. The van der Waals surface area contributed by atoms with Crippen LogP contribution in [-0.4, -0.2) is 41.5 Å². The van der Waals surface area contributed by atoms with Crippen molar-refractivity contribution in [1.82, 2.24) is 15.5 Å². The monoisotopic (exact) mass is 227 g/mol. The van der Waals surface area contributed by atoms with E-state index in [4.69, 9.17) is 0 Å². The molecule has 0 saturated carbocycles. The number of carbonyl (C=O) groups is 2. The van der Waals surface area contributed by atoms with Crippen LogP contribution in [0.5, 0.6) is 0 Å². The van der Waals surface area contributed by atoms with Crippen molar-refractivity contribution in [2.24, 2.45) is 0 Å². The second-order valence-corrected chi connectivity index (χ2v) is 5.19. The molecule has 0 radical (unpaired) electrons. The predicted molar refractivity (Wildman–Crippen MR) is 62.1 cm³/mol. The number of carbonyl (C=O) groups excluding carboxylic acids is 2. The van der Waals surface area contributed by atoms with Gasteiger partial charge in [-0.2, -0.15) is 0 Å². The molecule has 1 aliphatic heterocycles. The van der Waals surface area contributed by atoms with Crippen molar-refractivity contribution in [3.63, 3.8) is 0 Å². The van der Waals surface area contributed by atoms with Gasteiger partial charge in [-0.05, 0) is 34.1 Å². The van der Waals surface area contributed by atoms with Crippen molar-refractivity contribution in [1.29, 1.82) is 0 Å². The average molecular weight is 227 g/mol. The Hall–Kier alpha value is -1.26. The summed E-state index contributed by atoms with van der Waals surface area (Å²) >= 11 is 0. The summed E-state index contributed by atoms with van der Waals surface area (Å²) in [5.41, 5.74) is -0.266. The van der Waals surface area contributed by atoms with E-state index in [1.807, 2.05) is 20.8 Å². The number of nitrogens with one attached hydrogen (secondary N) is 2. The lowest BCUT2D eigenvalue weighted by atomic mass is 10.1. The number of nitrogens with zero attached hydrogens (tertiary/aromatic N) is 1. The standard InChI is InChI=1S/C11H21N3O2/c1-8(9(15)13-11(2,3)4)14-7-5-6-12-10(14)16/h8H,5-7H2,1-4H3,(H,12,16)(H,13,15). The lowest BCUT2D eigenvalue weighted by Gasteiger charge is -2.33. The molecule has 5 heteroatoms. The molecule has 0 spiro atoms. The van der Waals surface area contributed by atoms with Crippen molar-refractivity contribution >= 4 is 11.9 Å². The minimum atomic E-state index is -0.417. The van der Waals surface area contributed by atoms with Gasteiger partial charge < -0.3 is 15.5 Å². The van der Waals surface area contributed by atoms with E-state index in [0.717, 1.165) is 6.42 Å². The van der Waals surface area contributed by atoms with Gasteiger partial charge in [0.25, 0.3) is 0 Å². The van der Waals surface area contributed by atoms with Crippen molar-refractivity contribution in [3.05, 3.63) is 0 Å². The molecule has 0 bridgehead atoms. The second kappa shape index (κ2) is 4.72. The Morgan fingerprint density at radius 2 is 2.12 bits per heavy atom. The molecule has 1 atom stereocenters. The van der Waals surface area contributed by atoms with E-state index in [-0.39, 0.29) is 17.5 Å². The van der Waals surface area contributed by atoms with Crippen molar-refractivity contribution in [2.75, 3.05) is 13.1 Å². The van der Waals surface area contributed by atoms with E-state index in [1.54, 1.807) is 11.8 Å². The Morgan fingerprint density at radius 1 is 1.50 bits per heavy atom. The number of urea groups is 1. The van der Waals surface area contributed by atoms with E-state index in [2.05, 4.69) is 10.6 Å². The topological polar surface area (TPSA) is 61.4 Å². The maximum atomic E-state index is 11.9. The van der Waals surface area contributed by atoms with E-state index in [1.165, 1.54) is 0 Å². The molecule has 0 aromatic heterocycles. The van der Waals surface area contributed by atoms with E-state index >= 15 is 0 Å². The Balaban J connectivity index is 2.59. The molecule has 0 aromatic carbocycles. The van der Waals surface area contributed by atoms with Crippen LogP contribution in [0.1, 0.15) is 34.1 Å². The molecule has 5 nitrogen and oxygen atoms in total. The number of rotatable bonds is 2. The molecule has 0 aliphatic carbocycles. The van der Waals surface area contributed by atoms with Crippen LogP contribution >= 0.6 is 0 Å². The number of hydrogen-bond acceptors (Lipinski definition) is 2. The van der Waals surface area contributed by atoms with Gasteiger partial charge in [0.15, 0.2) is 0 Å². The van der Waals surface area contributed by atoms with Crippen LogP contribution in [0, 0.1) is 0 Å². The zero-order valence-electron chi connectivity index (χ0n) is 10.5. The fraction of sp³-hybridized carbons (Fsp3) is 0.818. The van der Waals surface area contributed by atoms with Crippen LogP contribution in [0.15, 0.2) is 0 Å². The highest BCUT2D eigenvalue weighted by molar-refractivity contribution is 5.87. The average Bonchev–Trinajstić information content (AvgIpc) is 2.15. The zero-order chi connectivity index (χ0) is 12.3. The first-order valence-electron chi connectivity index (χ1n) is 5.68. The van der Waals surface area contributed by atoms with Crippen LogP contribution in [0.3, 0.4) is 0 Å². The molecular weight excluding hydrogens is 206 g/mol. The number of hydrogen-bond donors (Lipinski definition) is 2. The third-order valence-electron chi connectivity index (χ3n) is 2.46. The highest BCUT2D eigenvalue weighted by atomic mass is 16.2. The van der Waals surface area contributed by atoms with Gasteiger partial charge in [-0.15, -0.1) is 0 Å². The van der Waals surface area contributed by atoms with Crippen LogP contribution in [0.2, 0.25) is 0 Å². The normalized spacial score (nSPS) is 19.0. The van der Waals surface area contributed by atoms with Gasteiger partial charge in [0.1, 0.15) is 6.04 Å². The van der Waals surface area contributed by atoms with Gasteiger partial charge in [-0.1, -0.05) is 0 Å². The summed E-state index contributed by atoms with van der Waals surface area (Å²) in [4.78, 5) is 25.0. The molecule has 1 saturated heterocycles. The first-order valence-corrected chi connectivity index (χ1v) is 5.68. The quantitative estimate of drug-likeness (QED) is 0.729. The summed E-state index contributed by atoms with van der Waals surface area (Å²) in [5, 5.41) is 5.61. The molecule has 1 rings (SSSR count).